The molecule has 0 spiro atoms. The fourth-order valence-electron chi connectivity index (χ4n) is 0.980. The molecule has 1 aromatic carbocycles. The number of hydrogen-bond donors (Lipinski definition) is 2. The number of halogens is 1. The second-order valence-electron chi connectivity index (χ2n) is 2.43. The van der Waals surface area contributed by atoms with Gasteiger partial charge in [-0.05, 0) is 12.1 Å². The summed E-state index contributed by atoms with van der Waals surface area (Å²) in [7, 11) is 0. The Balaban J connectivity index is 3.28. The SMILES string of the molecule is O=C(O)c1c(Cl)cccc1C#CCO. The van der Waals surface area contributed by atoms with Gasteiger partial charge in [0, 0.05) is 5.56 Å². The molecule has 0 aromatic heterocycles. The van der Waals surface area contributed by atoms with Crippen molar-refractivity contribution in [1.29, 1.82) is 0 Å². The lowest BCUT2D eigenvalue weighted by Crippen LogP contribution is -2.01. The van der Waals surface area contributed by atoms with E-state index in [1.807, 2.05) is 0 Å². The van der Waals surface area contributed by atoms with Gasteiger partial charge < -0.3 is 10.2 Å². The zero-order valence-corrected chi connectivity index (χ0v) is 7.88. The van der Waals surface area contributed by atoms with Gasteiger partial charge in [0.25, 0.3) is 0 Å². The molecule has 0 bridgehead atoms. The van der Waals surface area contributed by atoms with Gasteiger partial charge in [-0.1, -0.05) is 29.5 Å². The lowest BCUT2D eigenvalue weighted by atomic mass is 10.1. The number of carboxylic acids is 1. The van der Waals surface area contributed by atoms with Gasteiger partial charge in [-0.15, -0.1) is 0 Å². The summed E-state index contributed by atoms with van der Waals surface area (Å²) in [4.78, 5) is 10.8. The van der Waals surface area contributed by atoms with Gasteiger partial charge in [-0.25, -0.2) is 4.79 Å². The van der Waals surface area contributed by atoms with E-state index in [0.717, 1.165) is 0 Å². The average Bonchev–Trinajstić information content (AvgIpc) is 2.14. The van der Waals surface area contributed by atoms with Crippen molar-refractivity contribution in [3.8, 4) is 11.8 Å². The monoisotopic (exact) mass is 210 g/mol. The molecule has 14 heavy (non-hydrogen) atoms. The Morgan fingerprint density at radius 2 is 2.21 bits per heavy atom. The number of carbonyl (C=O) groups is 1. The Morgan fingerprint density at radius 1 is 1.50 bits per heavy atom. The molecule has 2 N–H and O–H groups in total. The van der Waals surface area contributed by atoms with E-state index in [1.165, 1.54) is 12.1 Å². The van der Waals surface area contributed by atoms with Crippen molar-refractivity contribution < 1.29 is 15.0 Å². The summed E-state index contributed by atoms with van der Waals surface area (Å²) in [5.41, 5.74) is 0.272. The first-order valence-electron chi connectivity index (χ1n) is 3.78. The topological polar surface area (TPSA) is 57.5 Å². The maximum absolute atomic E-state index is 10.8. The molecule has 0 radical (unpaired) electrons. The molecule has 0 saturated carbocycles. The Kier molecular flexibility index (Phi) is 3.52. The van der Waals surface area contributed by atoms with Crippen molar-refractivity contribution in [2.75, 3.05) is 6.61 Å². The maximum atomic E-state index is 10.8. The molecule has 0 aliphatic carbocycles. The summed E-state index contributed by atoms with van der Waals surface area (Å²) in [6.45, 7) is -0.314. The van der Waals surface area contributed by atoms with Crippen LogP contribution in [0.25, 0.3) is 0 Å². The fourth-order valence-corrected chi connectivity index (χ4v) is 1.24. The van der Waals surface area contributed by atoms with E-state index in [4.69, 9.17) is 21.8 Å². The molecule has 0 unspecified atom stereocenters. The van der Waals surface area contributed by atoms with Gasteiger partial charge >= 0.3 is 5.97 Å². The van der Waals surface area contributed by atoms with Crippen LogP contribution < -0.4 is 0 Å². The Labute approximate surface area is 85.9 Å². The predicted octanol–water partition coefficient (Wildman–Crippen LogP) is 1.38. The van der Waals surface area contributed by atoms with Gasteiger partial charge in [-0.2, -0.15) is 0 Å². The van der Waals surface area contributed by atoms with Crippen molar-refractivity contribution >= 4 is 17.6 Å². The summed E-state index contributed by atoms with van der Waals surface area (Å²) in [5, 5.41) is 17.4. The van der Waals surface area contributed by atoms with Gasteiger partial charge in [-0.3, -0.25) is 0 Å². The molecular weight excluding hydrogens is 204 g/mol. The van der Waals surface area contributed by atoms with E-state index < -0.39 is 5.97 Å². The third-order valence-electron chi connectivity index (χ3n) is 1.53. The van der Waals surface area contributed by atoms with Crippen LogP contribution in [-0.4, -0.2) is 22.8 Å². The molecule has 1 aromatic rings. The van der Waals surface area contributed by atoms with E-state index in [-0.39, 0.29) is 17.2 Å². The average molecular weight is 211 g/mol. The molecule has 0 heterocycles. The van der Waals surface area contributed by atoms with Crippen molar-refractivity contribution in [2.24, 2.45) is 0 Å². The zero-order valence-electron chi connectivity index (χ0n) is 7.12. The minimum Gasteiger partial charge on any atom is -0.478 e. The number of carboxylic acid groups (broad SMARTS) is 1. The quantitative estimate of drug-likeness (QED) is 0.689. The molecular formula is C10H7ClO3. The van der Waals surface area contributed by atoms with E-state index in [2.05, 4.69) is 11.8 Å². The van der Waals surface area contributed by atoms with Crippen molar-refractivity contribution in [2.45, 2.75) is 0 Å². The van der Waals surface area contributed by atoms with Crippen molar-refractivity contribution in [3.05, 3.63) is 34.3 Å². The van der Waals surface area contributed by atoms with Crippen LogP contribution in [0.4, 0.5) is 0 Å². The molecule has 0 amide bonds. The van der Waals surface area contributed by atoms with Crippen LogP contribution in [0, 0.1) is 11.8 Å². The molecule has 0 atom stereocenters. The van der Waals surface area contributed by atoms with Crippen molar-refractivity contribution in [1.82, 2.24) is 0 Å². The third-order valence-corrected chi connectivity index (χ3v) is 1.84. The molecule has 0 aliphatic rings. The van der Waals surface area contributed by atoms with E-state index in [0.29, 0.717) is 5.56 Å². The molecule has 0 saturated heterocycles. The maximum Gasteiger partial charge on any atom is 0.338 e. The van der Waals surface area contributed by atoms with Gasteiger partial charge in [0.2, 0.25) is 0 Å². The number of hydrogen-bond acceptors (Lipinski definition) is 2. The zero-order chi connectivity index (χ0) is 10.6. The highest BCUT2D eigenvalue weighted by Crippen LogP contribution is 2.19. The van der Waals surface area contributed by atoms with E-state index in [9.17, 15) is 4.79 Å². The summed E-state index contributed by atoms with van der Waals surface area (Å²) in [6.07, 6.45) is 0. The van der Waals surface area contributed by atoms with Crippen LogP contribution in [-0.2, 0) is 0 Å². The van der Waals surface area contributed by atoms with Crippen LogP contribution >= 0.6 is 11.6 Å². The molecule has 0 fully saturated rings. The highest BCUT2D eigenvalue weighted by molar-refractivity contribution is 6.33. The highest BCUT2D eigenvalue weighted by Gasteiger charge is 2.12. The Bertz CT molecular complexity index is 415. The van der Waals surface area contributed by atoms with E-state index >= 15 is 0 Å². The van der Waals surface area contributed by atoms with Crippen LogP contribution in [0.1, 0.15) is 15.9 Å². The number of aliphatic hydroxyl groups excluding tert-OH is 1. The first kappa shape index (κ1) is 10.6. The van der Waals surface area contributed by atoms with Crippen molar-refractivity contribution in [3.63, 3.8) is 0 Å². The summed E-state index contributed by atoms with van der Waals surface area (Å²) >= 11 is 5.69. The molecule has 1 rings (SSSR count). The fraction of sp³-hybridized carbons (Fsp3) is 0.100. The standard InChI is InChI=1S/C10H7ClO3/c11-8-5-1-3-7(4-2-6-12)9(8)10(13)14/h1,3,5,12H,6H2,(H,13,14). The number of aliphatic hydroxyl groups is 1. The first-order valence-corrected chi connectivity index (χ1v) is 4.16. The molecule has 72 valence electrons. The van der Waals surface area contributed by atoms with Crippen LogP contribution in [0.15, 0.2) is 18.2 Å². The van der Waals surface area contributed by atoms with Crippen LogP contribution in [0.5, 0.6) is 0 Å². The largest absolute Gasteiger partial charge is 0.478 e. The minimum absolute atomic E-state index is 0.0323. The Hall–Kier alpha value is -1.50. The predicted molar refractivity (Wildman–Crippen MR) is 52.4 cm³/mol. The van der Waals surface area contributed by atoms with Gasteiger partial charge in [0.15, 0.2) is 0 Å². The molecule has 3 nitrogen and oxygen atoms in total. The molecule has 4 heteroatoms. The lowest BCUT2D eigenvalue weighted by molar-refractivity contribution is 0.0697. The first-order chi connectivity index (χ1) is 6.66. The van der Waals surface area contributed by atoms with Gasteiger partial charge in [0.05, 0.1) is 10.6 Å². The summed E-state index contributed by atoms with van der Waals surface area (Å²) in [6, 6.07) is 4.63. The Morgan fingerprint density at radius 3 is 2.79 bits per heavy atom. The van der Waals surface area contributed by atoms with Crippen LogP contribution in [0.3, 0.4) is 0 Å². The smallest absolute Gasteiger partial charge is 0.338 e. The van der Waals surface area contributed by atoms with E-state index in [1.54, 1.807) is 6.07 Å². The second-order valence-corrected chi connectivity index (χ2v) is 2.83. The number of aromatic carboxylic acids is 1. The second kappa shape index (κ2) is 4.66. The summed E-state index contributed by atoms with van der Waals surface area (Å²) in [5.74, 6) is 3.76. The minimum atomic E-state index is -1.13. The highest BCUT2D eigenvalue weighted by atomic mass is 35.5. The third kappa shape index (κ3) is 2.25. The van der Waals surface area contributed by atoms with Gasteiger partial charge in [0.1, 0.15) is 6.61 Å². The molecule has 0 aliphatic heterocycles. The van der Waals surface area contributed by atoms with Crippen LogP contribution in [0.2, 0.25) is 5.02 Å². The normalized spacial score (nSPS) is 9.00. The lowest BCUT2D eigenvalue weighted by Gasteiger charge is -2.00. The number of rotatable bonds is 1. The number of benzene rings is 1. The summed E-state index contributed by atoms with van der Waals surface area (Å²) < 4.78 is 0.